The zero-order valence-corrected chi connectivity index (χ0v) is 34.0. The topological polar surface area (TPSA) is 192 Å². The maximum absolute atomic E-state index is 14.7. The van der Waals surface area contributed by atoms with Gasteiger partial charge in [0, 0.05) is 30.8 Å². The van der Waals surface area contributed by atoms with E-state index in [4.69, 9.17) is 18.9 Å². The molecule has 0 radical (unpaired) electrons. The predicted molar refractivity (Wildman–Crippen MR) is 203 cm³/mol. The number of sulfonamides is 1. The highest BCUT2D eigenvalue weighted by Crippen LogP contribution is 2.48. The highest BCUT2D eigenvalue weighted by molar-refractivity contribution is 7.91. The molecule has 7 atom stereocenters. The fourth-order valence-electron chi connectivity index (χ4n) is 7.24. The number of methoxy groups -OCH3 is 1. The molecule has 58 heavy (non-hydrogen) atoms. The van der Waals surface area contributed by atoms with Crippen molar-refractivity contribution in [2.45, 2.75) is 125 Å². The Labute approximate surface area is 334 Å². The number of ether oxygens (including phenoxy) is 4. The van der Waals surface area contributed by atoms with Crippen molar-refractivity contribution in [2.24, 2.45) is 5.92 Å². The van der Waals surface area contributed by atoms with E-state index in [1.165, 1.54) is 20.2 Å². The summed E-state index contributed by atoms with van der Waals surface area (Å²) >= 11 is 0. The zero-order chi connectivity index (χ0) is 42.4. The molecule has 15 nitrogen and oxygen atoms in total. The summed E-state index contributed by atoms with van der Waals surface area (Å²) in [6, 6.07) is 4.03. The fourth-order valence-corrected chi connectivity index (χ4v) is 8.67. The third-order valence-corrected chi connectivity index (χ3v) is 13.8. The summed E-state index contributed by atoms with van der Waals surface area (Å²) in [6.45, 7) is 4.45. The maximum atomic E-state index is 14.7. The number of alkyl halides is 3. The molecular formula is C39H50F3N5O10S. The number of rotatable bonds is 10. The Bertz CT molecular complexity index is 2080. The van der Waals surface area contributed by atoms with E-state index in [2.05, 4.69) is 15.6 Å². The summed E-state index contributed by atoms with van der Waals surface area (Å²) < 4.78 is 92.1. The van der Waals surface area contributed by atoms with Crippen LogP contribution in [0.15, 0.2) is 42.6 Å². The quantitative estimate of drug-likeness (QED) is 0.292. The van der Waals surface area contributed by atoms with Crippen molar-refractivity contribution in [1.82, 2.24) is 25.2 Å². The molecule has 0 spiro atoms. The van der Waals surface area contributed by atoms with Crippen molar-refractivity contribution < 1.29 is 59.7 Å². The largest absolute Gasteiger partial charge is 0.497 e. The molecule has 3 heterocycles. The second-order valence-electron chi connectivity index (χ2n) is 16.3. The van der Waals surface area contributed by atoms with Crippen LogP contribution in [0.5, 0.6) is 11.6 Å². The van der Waals surface area contributed by atoms with Gasteiger partial charge in [0.2, 0.25) is 27.7 Å². The van der Waals surface area contributed by atoms with Gasteiger partial charge in [-0.25, -0.2) is 31.4 Å². The van der Waals surface area contributed by atoms with Crippen LogP contribution in [0, 0.1) is 5.92 Å². The smallest absolute Gasteiger partial charge is 0.408 e. The number of hydrogen-bond donors (Lipinski definition) is 3. The van der Waals surface area contributed by atoms with Crippen LogP contribution in [0.4, 0.5) is 18.0 Å². The van der Waals surface area contributed by atoms with Crippen molar-refractivity contribution >= 4 is 44.6 Å². The molecule has 1 aromatic carbocycles. The van der Waals surface area contributed by atoms with Crippen LogP contribution in [-0.4, -0.2) is 115 Å². The highest BCUT2D eigenvalue weighted by atomic mass is 32.2. The molecule has 4 amide bonds. The van der Waals surface area contributed by atoms with E-state index in [1.54, 1.807) is 43.3 Å². The van der Waals surface area contributed by atoms with Gasteiger partial charge in [0.15, 0.2) is 5.60 Å². The summed E-state index contributed by atoms with van der Waals surface area (Å²) in [7, 11) is -2.93. The summed E-state index contributed by atoms with van der Waals surface area (Å²) in [5, 5.41) is 6.45. The fraction of sp³-hybridized carbons (Fsp3) is 0.615. The van der Waals surface area contributed by atoms with Gasteiger partial charge in [0.05, 0.1) is 25.9 Å². The first-order valence-corrected chi connectivity index (χ1v) is 20.7. The lowest BCUT2D eigenvalue weighted by Crippen LogP contribution is -2.61. The minimum atomic E-state index is -4.45. The molecule has 2 aliphatic heterocycles. The van der Waals surface area contributed by atoms with E-state index in [-0.39, 0.29) is 38.1 Å². The van der Waals surface area contributed by atoms with Gasteiger partial charge in [-0.15, -0.1) is 0 Å². The molecule has 0 unspecified atom stereocenters. The molecule has 318 valence electrons. The number of amides is 4. The predicted octanol–water partition coefficient (Wildman–Crippen LogP) is 4.09. The number of allylic oxidation sites excluding steroid dienone is 1. The van der Waals surface area contributed by atoms with Crippen LogP contribution in [0.1, 0.15) is 73.1 Å². The molecular weight excluding hydrogens is 788 g/mol. The monoisotopic (exact) mass is 837 g/mol. The van der Waals surface area contributed by atoms with Gasteiger partial charge in [-0.2, -0.15) is 0 Å². The number of halogens is 3. The number of benzene rings is 1. The summed E-state index contributed by atoms with van der Waals surface area (Å²) in [5.41, 5.74) is -4.04. The molecule has 4 aliphatic rings. The van der Waals surface area contributed by atoms with Gasteiger partial charge < -0.3 is 34.5 Å². The van der Waals surface area contributed by atoms with Crippen molar-refractivity contribution in [3.8, 4) is 11.6 Å². The van der Waals surface area contributed by atoms with Gasteiger partial charge in [-0.05, 0) is 89.5 Å². The summed E-state index contributed by atoms with van der Waals surface area (Å²) in [6.07, 6.45) is 1.91. The maximum Gasteiger partial charge on any atom is 0.408 e. The molecule has 2 saturated carbocycles. The molecule has 2 aliphatic carbocycles. The van der Waals surface area contributed by atoms with Crippen LogP contribution in [0.25, 0.3) is 10.8 Å². The first-order valence-electron chi connectivity index (χ1n) is 19.2. The Balaban J connectivity index is 1.35. The van der Waals surface area contributed by atoms with E-state index >= 15 is 0 Å². The Morgan fingerprint density at radius 2 is 1.86 bits per heavy atom. The lowest BCUT2D eigenvalue weighted by atomic mass is 10.0. The Kier molecular flexibility index (Phi) is 11.7. The number of nitrogens with one attached hydrogen (secondary N) is 3. The van der Waals surface area contributed by atoms with Crippen LogP contribution >= 0.6 is 0 Å². The van der Waals surface area contributed by atoms with Crippen LogP contribution in [0.2, 0.25) is 0 Å². The molecule has 2 aromatic rings. The first kappa shape index (κ1) is 42.9. The number of hydrogen-bond acceptors (Lipinski definition) is 11. The first-order chi connectivity index (χ1) is 27.2. The summed E-state index contributed by atoms with van der Waals surface area (Å²) in [4.78, 5) is 61.8. The number of aromatic nitrogens is 1. The van der Waals surface area contributed by atoms with Crippen LogP contribution < -0.4 is 24.8 Å². The van der Waals surface area contributed by atoms with Crippen LogP contribution in [0.3, 0.4) is 0 Å². The number of carbonyl (C=O) groups excluding carboxylic acids is 4. The second-order valence-corrected chi connectivity index (χ2v) is 18.4. The molecule has 3 fully saturated rings. The Hall–Kier alpha value is -4.65. The third-order valence-electron chi connectivity index (χ3n) is 11.6. The van der Waals surface area contributed by atoms with Crippen molar-refractivity contribution in [2.75, 3.05) is 20.3 Å². The molecule has 19 heteroatoms. The van der Waals surface area contributed by atoms with Crippen LogP contribution in [-0.2, 0) is 33.9 Å². The second kappa shape index (κ2) is 15.8. The Morgan fingerprint density at radius 1 is 1.14 bits per heavy atom. The van der Waals surface area contributed by atoms with Gasteiger partial charge in [0.1, 0.15) is 40.9 Å². The van der Waals surface area contributed by atoms with Crippen molar-refractivity contribution in [3.05, 3.63) is 42.6 Å². The number of pyridine rings is 1. The van der Waals surface area contributed by atoms with Crippen molar-refractivity contribution in [3.63, 3.8) is 0 Å². The molecule has 0 bridgehead atoms. The highest BCUT2D eigenvalue weighted by Gasteiger charge is 2.64. The van der Waals surface area contributed by atoms with E-state index in [9.17, 15) is 40.8 Å². The van der Waals surface area contributed by atoms with Gasteiger partial charge >= 0.3 is 6.09 Å². The average Bonchev–Trinajstić information content (AvgIpc) is 4.05. The third kappa shape index (κ3) is 8.56. The lowest BCUT2D eigenvalue weighted by Gasteiger charge is -2.35. The summed E-state index contributed by atoms with van der Waals surface area (Å²) in [5.74, 6) is -6.06. The van der Waals surface area contributed by atoms with E-state index < -0.39 is 98.6 Å². The molecule has 1 saturated heterocycles. The minimum absolute atomic E-state index is 0.0140. The van der Waals surface area contributed by atoms with Gasteiger partial charge in [0.25, 0.3) is 11.8 Å². The van der Waals surface area contributed by atoms with E-state index in [0.29, 0.717) is 30.9 Å². The molecule has 3 N–H and O–H groups in total. The standard InChI is InChI=1S/C39H50F3N5O10S/c1-22-9-7-8-10-25-19-39(25,34(50)46-58(52,53)38(21-40)14-15-38)45-31(48)29-18-27(56-32-28-12-11-26(54-6)17-24(28)13-16-43-32)20-47(29)33(49)30(23(2)55-22)44-35(51)57-36(3,4)37(5,41)42/h8,10-13,16-17,22-23,25,27,29-30H,7,9,14-15,18-21H2,1-6H3,(H,44,51)(H,45,48)(H,46,50)/b10-8-/t22-,23-,25+,27+,29-,30-,39+/m0/s1. The SMILES string of the molecule is COc1ccc2c(O[C@@H]3C[C@H]4C(=O)N[C@]5(C(=O)NS(=O)(=O)C6(CF)CC6)C[C@H]5/C=C\CC[C@H](C)O[C@@H](C)[C@H](NC(=O)OC(C)(C)C(C)(F)F)C(=O)N4C3)nccc2c1. The van der Waals surface area contributed by atoms with Crippen molar-refractivity contribution in [1.29, 1.82) is 0 Å². The normalized spacial score (nSPS) is 29.4. The molecule has 1 aromatic heterocycles. The van der Waals surface area contributed by atoms with E-state index in [1.807, 2.05) is 4.72 Å². The minimum Gasteiger partial charge on any atom is -0.497 e. The zero-order valence-electron chi connectivity index (χ0n) is 33.2. The Morgan fingerprint density at radius 3 is 2.52 bits per heavy atom. The lowest BCUT2D eigenvalue weighted by molar-refractivity contribution is -0.153. The number of fused-ring (bicyclic) bond motifs is 3. The van der Waals surface area contributed by atoms with Gasteiger partial charge in [-0.3, -0.25) is 19.1 Å². The molecule has 6 rings (SSSR count). The number of alkyl carbamates (subject to hydrolysis) is 1. The van der Waals surface area contributed by atoms with Gasteiger partial charge in [-0.1, -0.05) is 12.2 Å². The van der Waals surface area contributed by atoms with E-state index in [0.717, 1.165) is 24.1 Å². The average molecular weight is 838 g/mol. The number of carbonyl (C=O) groups is 4. The number of nitrogens with zero attached hydrogens (tertiary/aromatic N) is 2.